The zero-order chi connectivity index (χ0) is 20.1. The van der Waals surface area contributed by atoms with Gasteiger partial charge >= 0.3 is 7.12 Å². The summed E-state index contributed by atoms with van der Waals surface area (Å²) in [6.07, 6.45) is 3.10. The van der Waals surface area contributed by atoms with Gasteiger partial charge in [0.25, 0.3) is 0 Å². The standard InChI is InChI=1S/C23H27BO3S/c1-15-18(14-20(28-15)21(25)16-10-7-6-8-11-16)17-12-9-13-19(17)24-26-22(2,3)23(4,5)27-24/h6-8,10-11,14H,9,12-13H2,1-5H3. The summed E-state index contributed by atoms with van der Waals surface area (Å²) in [6, 6.07) is 11.6. The van der Waals surface area contributed by atoms with Gasteiger partial charge in [0, 0.05) is 10.4 Å². The molecule has 28 heavy (non-hydrogen) atoms. The predicted molar refractivity (Wildman–Crippen MR) is 116 cm³/mol. The van der Waals surface area contributed by atoms with E-state index in [0.29, 0.717) is 0 Å². The second kappa shape index (κ2) is 6.98. The molecule has 0 amide bonds. The maximum Gasteiger partial charge on any atom is 0.490 e. The normalized spacial score (nSPS) is 20.8. The molecule has 1 aromatic carbocycles. The molecule has 0 atom stereocenters. The van der Waals surface area contributed by atoms with E-state index in [2.05, 4.69) is 40.7 Å². The van der Waals surface area contributed by atoms with E-state index >= 15 is 0 Å². The quantitative estimate of drug-likeness (QED) is 0.482. The lowest BCUT2D eigenvalue weighted by Crippen LogP contribution is -2.41. The van der Waals surface area contributed by atoms with Crippen LogP contribution in [0.5, 0.6) is 0 Å². The topological polar surface area (TPSA) is 35.5 Å². The number of carbonyl (C=O) groups is 1. The molecule has 0 bridgehead atoms. The van der Waals surface area contributed by atoms with E-state index in [4.69, 9.17) is 9.31 Å². The Morgan fingerprint density at radius 1 is 1.04 bits per heavy atom. The van der Waals surface area contributed by atoms with E-state index < -0.39 is 0 Å². The molecule has 2 heterocycles. The van der Waals surface area contributed by atoms with E-state index in [-0.39, 0.29) is 24.1 Å². The van der Waals surface area contributed by atoms with Gasteiger partial charge in [0.2, 0.25) is 5.78 Å². The molecule has 1 aliphatic heterocycles. The van der Waals surface area contributed by atoms with E-state index in [0.717, 1.165) is 29.7 Å². The summed E-state index contributed by atoms with van der Waals surface area (Å²) in [4.78, 5) is 14.9. The first kappa shape index (κ1) is 19.6. The van der Waals surface area contributed by atoms with Crippen molar-refractivity contribution in [1.29, 1.82) is 0 Å². The Kier molecular flexibility index (Phi) is 4.89. The molecule has 2 aliphatic rings. The van der Waals surface area contributed by atoms with Crippen molar-refractivity contribution < 1.29 is 14.1 Å². The van der Waals surface area contributed by atoms with Crippen molar-refractivity contribution in [3.05, 3.63) is 62.8 Å². The third-order valence-corrected chi connectivity index (χ3v) is 7.35. The van der Waals surface area contributed by atoms with Crippen LogP contribution in [-0.2, 0) is 9.31 Å². The largest absolute Gasteiger partial charge is 0.490 e. The smallest absolute Gasteiger partial charge is 0.400 e. The summed E-state index contributed by atoms with van der Waals surface area (Å²) in [5, 5.41) is 0. The second-order valence-corrected chi connectivity index (χ2v) is 9.98. The van der Waals surface area contributed by atoms with Gasteiger partial charge < -0.3 is 9.31 Å². The van der Waals surface area contributed by atoms with Crippen LogP contribution in [0.3, 0.4) is 0 Å². The summed E-state index contributed by atoms with van der Waals surface area (Å²) in [5.74, 6) is 0.0933. The number of thiophene rings is 1. The zero-order valence-electron chi connectivity index (χ0n) is 17.3. The molecule has 4 rings (SSSR count). The van der Waals surface area contributed by atoms with Crippen molar-refractivity contribution in [2.75, 3.05) is 0 Å². The average molecular weight is 394 g/mol. The third-order valence-electron chi connectivity index (χ3n) is 6.30. The van der Waals surface area contributed by atoms with Crippen LogP contribution in [-0.4, -0.2) is 24.1 Å². The molecule has 2 aromatic rings. The molecule has 0 saturated carbocycles. The molecule has 146 valence electrons. The fourth-order valence-corrected chi connectivity index (χ4v) is 4.95. The van der Waals surface area contributed by atoms with Crippen LogP contribution in [0.1, 0.15) is 72.6 Å². The lowest BCUT2D eigenvalue weighted by Gasteiger charge is -2.32. The molecular formula is C23H27BO3S. The zero-order valence-corrected chi connectivity index (χ0v) is 18.1. The highest BCUT2D eigenvalue weighted by molar-refractivity contribution is 7.14. The third kappa shape index (κ3) is 3.30. The first-order chi connectivity index (χ1) is 13.2. The van der Waals surface area contributed by atoms with Crippen molar-refractivity contribution in [3.63, 3.8) is 0 Å². The van der Waals surface area contributed by atoms with Crippen LogP contribution < -0.4 is 0 Å². The first-order valence-corrected chi connectivity index (χ1v) is 10.8. The molecule has 1 fully saturated rings. The van der Waals surface area contributed by atoms with Gasteiger partial charge in [-0.2, -0.15) is 0 Å². The number of ketones is 1. The lowest BCUT2D eigenvalue weighted by molar-refractivity contribution is 0.00578. The van der Waals surface area contributed by atoms with Crippen LogP contribution >= 0.6 is 11.3 Å². The minimum atomic E-state index is -0.337. The molecule has 1 saturated heterocycles. The Bertz CT molecular complexity index is 924. The second-order valence-electron chi connectivity index (χ2n) is 8.72. The molecule has 0 radical (unpaired) electrons. The number of rotatable bonds is 4. The van der Waals surface area contributed by atoms with Crippen molar-refractivity contribution in [2.24, 2.45) is 0 Å². The van der Waals surface area contributed by atoms with E-state index in [1.54, 1.807) is 11.3 Å². The van der Waals surface area contributed by atoms with Gasteiger partial charge in [-0.1, -0.05) is 30.3 Å². The van der Waals surface area contributed by atoms with Gasteiger partial charge in [-0.05, 0) is 76.6 Å². The molecule has 0 spiro atoms. The van der Waals surface area contributed by atoms with E-state index in [9.17, 15) is 4.79 Å². The van der Waals surface area contributed by atoms with Crippen LogP contribution in [0.25, 0.3) is 5.57 Å². The number of aryl methyl sites for hydroxylation is 1. The van der Waals surface area contributed by atoms with Crippen LogP contribution in [0.15, 0.2) is 41.9 Å². The highest BCUT2D eigenvalue weighted by Crippen LogP contribution is 2.45. The Hall–Kier alpha value is -1.69. The average Bonchev–Trinajstić information content (AvgIpc) is 3.31. The number of benzene rings is 1. The van der Waals surface area contributed by atoms with Gasteiger partial charge in [-0.25, -0.2) is 0 Å². The summed E-state index contributed by atoms with van der Waals surface area (Å²) < 4.78 is 12.6. The molecule has 1 aliphatic carbocycles. The van der Waals surface area contributed by atoms with Crippen LogP contribution in [0, 0.1) is 6.92 Å². The predicted octanol–water partition coefficient (Wildman–Crippen LogP) is 5.86. The molecule has 0 N–H and O–H groups in total. The van der Waals surface area contributed by atoms with Gasteiger partial charge in [0.05, 0.1) is 16.1 Å². The van der Waals surface area contributed by atoms with E-state index in [1.165, 1.54) is 21.5 Å². The Labute approximate surface area is 171 Å². The fraction of sp³-hybridized carbons (Fsp3) is 0.435. The number of hydrogen-bond acceptors (Lipinski definition) is 4. The Morgan fingerprint density at radius 2 is 1.68 bits per heavy atom. The van der Waals surface area contributed by atoms with Gasteiger partial charge in [-0.3, -0.25) is 4.79 Å². The minimum Gasteiger partial charge on any atom is -0.400 e. The molecule has 0 unspecified atom stereocenters. The molecular weight excluding hydrogens is 367 g/mol. The molecule has 1 aromatic heterocycles. The van der Waals surface area contributed by atoms with Crippen molar-refractivity contribution in [3.8, 4) is 0 Å². The van der Waals surface area contributed by atoms with Gasteiger partial charge in [0.1, 0.15) is 0 Å². The number of allylic oxidation sites excluding steroid dienone is 2. The van der Waals surface area contributed by atoms with Crippen molar-refractivity contribution in [2.45, 2.75) is 65.1 Å². The highest BCUT2D eigenvalue weighted by Gasteiger charge is 2.53. The van der Waals surface area contributed by atoms with Gasteiger partial charge in [0.15, 0.2) is 0 Å². The summed E-state index contributed by atoms with van der Waals surface area (Å²) in [5.41, 5.74) is 3.80. The fourth-order valence-electron chi connectivity index (χ4n) is 3.95. The summed E-state index contributed by atoms with van der Waals surface area (Å²) in [6.45, 7) is 10.5. The maximum atomic E-state index is 12.9. The van der Waals surface area contributed by atoms with Crippen molar-refractivity contribution >= 4 is 29.8 Å². The van der Waals surface area contributed by atoms with Crippen LogP contribution in [0.4, 0.5) is 0 Å². The number of carbonyl (C=O) groups excluding carboxylic acids is 1. The molecule has 3 nitrogen and oxygen atoms in total. The highest BCUT2D eigenvalue weighted by atomic mass is 32.1. The maximum absolute atomic E-state index is 12.9. The van der Waals surface area contributed by atoms with E-state index in [1.807, 2.05) is 30.3 Å². The number of hydrogen-bond donors (Lipinski definition) is 0. The van der Waals surface area contributed by atoms with Gasteiger partial charge in [-0.15, -0.1) is 11.3 Å². The SMILES string of the molecule is Cc1sc(C(=O)c2ccccc2)cc1C1=C(B2OC(C)(C)C(C)(C)O2)CCC1. The molecule has 5 heteroatoms. The van der Waals surface area contributed by atoms with Crippen LogP contribution in [0.2, 0.25) is 0 Å². The Balaban J connectivity index is 1.68. The lowest BCUT2D eigenvalue weighted by atomic mass is 9.74. The van der Waals surface area contributed by atoms with Crippen molar-refractivity contribution in [1.82, 2.24) is 0 Å². The minimum absolute atomic E-state index is 0.0933. The summed E-state index contributed by atoms with van der Waals surface area (Å²) in [7, 11) is -0.296. The summed E-state index contributed by atoms with van der Waals surface area (Å²) >= 11 is 1.58. The Morgan fingerprint density at radius 3 is 2.32 bits per heavy atom. The first-order valence-electron chi connectivity index (χ1n) is 9.98. The monoisotopic (exact) mass is 394 g/mol.